The maximum Gasteiger partial charge on any atom is 0.123 e. The van der Waals surface area contributed by atoms with Crippen molar-refractivity contribution in [1.82, 2.24) is 9.13 Å². The van der Waals surface area contributed by atoms with E-state index in [1.54, 1.807) is 0 Å². The van der Waals surface area contributed by atoms with Crippen LogP contribution >= 0.6 is 0 Å². The number of rotatable bonds is 6. The van der Waals surface area contributed by atoms with Crippen LogP contribution in [0.1, 0.15) is 0 Å². The minimum absolute atomic E-state index is 0.285. The lowest BCUT2D eigenvalue weighted by Crippen LogP contribution is -1.98. The highest BCUT2D eigenvalue weighted by Crippen LogP contribution is 2.48. The molecular weight excluding hydrogens is 619 g/mol. The number of halogens is 2. The van der Waals surface area contributed by atoms with E-state index in [0.29, 0.717) is 0 Å². The van der Waals surface area contributed by atoms with E-state index in [-0.39, 0.29) is 11.6 Å². The predicted octanol–water partition coefficient (Wildman–Crippen LogP) is 12.5. The SMILES string of the molecule is Fc1ccc(-n2c(-c3ccccc3)c(-c3ccccc3)c3cc4c(cc32)c(-c2ccccc2)c(-c2ccccc2)n4-c2ccc(F)cc2)cc1. The zero-order valence-corrected chi connectivity index (χ0v) is 27.0. The third-order valence-corrected chi connectivity index (χ3v) is 9.44. The van der Waals surface area contributed by atoms with Crippen molar-refractivity contribution in [2.45, 2.75) is 0 Å². The van der Waals surface area contributed by atoms with Crippen LogP contribution in [0.4, 0.5) is 8.78 Å². The summed E-state index contributed by atoms with van der Waals surface area (Å²) in [5.74, 6) is -0.570. The third-order valence-electron chi connectivity index (χ3n) is 9.44. The second-order valence-corrected chi connectivity index (χ2v) is 12.4. The molecule has 238 valence electrons. The molecule has 0 aliphatic carbocycles. The van der Waals surface area contributed by atoms with Crippen LogP contribution in [0.3, 0.4) is 0 Å². The first-order chi connectivity index (χ1) is 24.7. The zero-order chi connectivity index (χ0) is 33.6. The van der Waals surface area contributed by atoms with Crippen LogP contribution in [-0.2, 0) is 0 Å². The Hall–Kier alpha value is -6.52. The quantitative estimate of drug-likeness (QED) is 0.170. The van der Waals surface area contributed by atoms with Crippen molar-refractivity contribution in [2.75, 3.05) is 0 Å². The highest BCUT2D eigenvalue weighted by Gasteiger charge is 2.27. The monoisotopic (exact) mass is 648 g/mol. The molecule has 0 fully saturated rings. The molecule has 0 N–H and O–H groups in total. The Morgan fingerprint density at radius 2 is 0.620 bits per heavy atom. The third kappa shape index (κ3) is 4.92. The van der Waals surface area contributed by atoms with Crippen molar-refractivity contribution >= 4 is 21.8 Å². The Morgan fingerprint density at radius 1 is 0.320 bits per heavy atom. The summed E-state index contributed by atoms with van der Waals surface area (Å²) in [4.78, 5) is 0. The fourth-order valence-corrected chi connectivity index (χ4v) is 7.32. The van der Waals surface area contributed by atoms with Crippen molar-refractivity contribution in [3.63, 3.8) is 0 Å². The topological polar surface area (TPSA) is 9.86 Å². The number of hydrogen-bond donors (Lipinski definition) is 0. The van der Waals surface area contributed by atoms with Gasteiger partial charge >= 0.3 is 0 Å². The second kappa shape index (κ2) is 12.2. The molecule has 0 bridgehead atoms. The largest absolute Gasteiger partial charge is 0.309 e. The molecule has 0 aliphatic heterocycles. The van der Waals surface area contributed by atoms with Gasteiger partial charge in [0, 0.05) is 33.3 Å². The average molecular weight is 649 g/mol. The van der Waals surface area contributed by atoms with Gasteiger partial charge in [-0.2, -0.15) is 0 Å². The Bertz CT molecular complexity index is 2420. The smallest absolute Gasteiger partial charge is 0.123 e. The Labute approximate surface area is 288 Å². The number of fused-ring (bicyclic) bond motifs is 2. The molecular formula is C46H30F2N2. The van der Waals surface area contributed by atoms with E-state index in [4.69, 9.17) is 0 Å². The molecule has 0 spiro atoms. The number of benzene rings is 7. The molecule has 0 unspecified atom stereocenters. The van der Waals surface area contributed by atoms with E-state index in [2.05, 4.69) is 118 Å². The Balaban J connectivity index is 1.52. The standard InChI is InChI=1S/C46H30F2N2/c47-35-21-25-37(26-22-35)49-41-30-40-42(29-39(41)43(31-13-5-1-6-14-31)45(49)33-17-9-3-10-18-33)50(38-27-23-36(48)24-28-38)46(34-19-11-4-12-20-34)44(40)32-15-7-2-8-16-32/h1-30H. The Kier molecular flexibility index (Phi) is 7.21. The molecule has 0 saturated heterocycles. The van der Waals surface area contributed by atoms with E-state index >= 15 is 0 Å². The summed E-state index contributed by atoms with van der Waals surface area (Å²) in [7, 11) is 0. The first kappa shape index (κ1) is 29.6. The van der Waals surface area contributed by atoms with Gasteiger partial charge in [0.2, 0.25) is 0 Å². The molecule has 0 radical (unpaired) electrons. The van der Waals surface area contributed by atoms with Gasteiger partial charge in [0.1, 0.15) is 11.6 Å². The first-order valence-electron chi connectivity index (χ1n) is 16.7. The van der Waals surface area contributed by atoms with E-state index in [9.17, 15) is 8.78 Å². The summed E-state index contributed by atoms with van der Waals surface area (Å²) in [6, 6.07) is 59.6. The molecule has 0 amide bonds. The van der Waals surface area contributed by atoms with Gasteiger partial charge in [-0.25, -0.2) is 8.78 Å². The molecule has 9 aromatic rings. The molecule has 2 aromatic heterocycles. The van der Waals surface area contributed by atoms with Gasteiger partial charge in [-0.3, -0.25) is 0 Å². The van der Waals surface area contributed by atoms with Crippen molar-refractivity contribution in [3.05, 3.63) is 194 Å². The molecule has 0 saturated carbocycles. The van der Waals surface area contributed by atoms with Gasteiger partial charge < -0.3 is 9.13 Å². The van der Waals surface area contributed by atoms with Gasteiger partial charge in [-0.05, 0) is 82.9 Å². The van der Waals surface area contributed by atoms with Crippen LogP contribution < -0.4 is 0 Å². The summed E-state index contributed by atoms with van der Waals surface area (Å²) in [6.45, 7) is 0. The van der Waals surface area contributed by atoms with Crippen molar-refractivity contribution in [1.29, 1.82) is 0 Å². The highest BCUT2D eigenvalue weighted by atomic mass is 19.1. The summed E-state index contributed by atoms with van der Waals surface area (Å²) < 4.78 is 33.4. The van der Waals surface area contributed by atoms with Gasteiger partial charge in [0.15, 0.2) is 0 Å². The maximum absolute atomic E-state index is 14.4. The molecule has 4 heteroatoms. The minimum Gasteiger partial charge on any atom is -0.309 e. The Morgan fingerprint density at radius 3 is 0.940 bits per heavy atom. The fraction of sp³-hybridized carbons (Fsp3) is 0. The molecule has 0 aliphatic rings. The minimum atomic E-state index is -0.285. The van der Waals surface area contributed by atoms with E-state index in [1.807, 2.05) is 48.5 Å². The maximum atomic E-state index is 14.4. The van der Waals surface area contributed by atoms with Crippen LogP contribution in [-0.4, -0.2) is 9.13 Å². The van der Waals surface area contributed by atoms with Crippen LogP contribution in [0, 0.1) is 11.6 Å². The lowest BCUT2D eigenvalue weighted by molar-refractivity contribution is 0.627. The highest BCUT2D eigenvalue weighted by molar-refractivity contribution is 6.15. The van der Waals surface area contributed by atoms with Crippen molar-refractivity contribution in [3.8, 4) is 56.1 Å². The van der Waals surface area contributed by atoms with Gasteiger partial charge in [0.25, 0.3) is 0 Å². The number of hydrogen-bond acceptors (Lipinski definition) is 0. The summed E-state index contributed by atoms with van der Waals surface area (Å²) in [5.41, 5.74) is 12.1. The average Bonchev–Trinajstić information content (AvgIpc) is 3.69. The first-order valence-corrected chi connectivity index (χ1v) is 16.7. The van der Waals surface area contributed by atoms with E-state index in [0.717, 1.165) is 77.9 Å². The van der Waals surface area contributed by atoms with Crippen molar-refractivity contribution < 1.29 is 8.78 Å². The van der Waals surface area contributed by atoms with E-state index in [1.165, 1.54) is 24.3 Å². The summed E-state index contributed by atoms with van der Waals surface area (Å²) in [5, 5.41) is 2.10. The molecule has 2 nitrogen and oxygen atoms in total. The number of nitrogens with zero attached hydrogens (tertiary/aromatic N) is 2. The predicted molar refractivity (Wildman–Crippen MR) is 202 cm³/mol. The molecule has 9 rings (SSSR count). The summed E-state index contributed by atoms with van der Waals surface area (Å²) >= 11 is 0. The lowest BCUT2D eigenvalue weighted by atomic mass is 9.96. The van der Waals surface area contributed by atoms with Gasteiger partial charge in [-0.15, -0.1) is 0 Å². The molecule has 50 heavy (non-hydrogen) atoms. The zero-order valence-electron chi connectivity index (χ0n) is 27.0. The van der Waals surface area contributed by atoms with Crippen LogP contribution in [0.15, 0.2) is 182 Å². The van der Waals surface area contributed by atoms with Gasteiger partial charge in [0.05, 0.1) is 22.4 Å². The fourth-order valence-electron chi connectivity index (χ4n) is 7.32. The number of aromatic nitrogens is 2. The molecule has 0 atom stereocenters. The van der Waals surface area contributed by atoms with E-state index < -0.39 is 0 Å². The summed E-state index contributed by atoms with van der Waals surface area (Å²) in [6.07, 6.45) is 0. The molecule has 7 aromatic carbocycles. The normalized spacial score (nSPS) is 11.4. The molecule has 2 heterocycles. The lowest BCUT2D eigenvalue weighted by Gasteiger charge is -2.14. The van der Waals surface area contributed by atoms with Crippen LogP contribution in [0.5, 0.6) is 0 Å². The van der Waals surface area contributed by atoms with Gasteiger partial charge in [-0.1, -0.05) is 121 Å². The second-order valence-electron chi connectivity index (χ2n) is 12.4. The van der Waals surface area contributed by atoms with Crippen molar-refractivity contribution in [2.24, 2.45) is 0 Å². The van der Waals surface area contributed by atoms with Crippen LogP contribution in [0.2, 0.25) is 0 Å². The van der Waals surface area contributed by atoms with Crippen LogP contribution in [0.25, 0.3) is 77.9 Å².